The first-order valence-electron chi connectivity index (χ1n) is 6.62. The smallest absolute Gasteiger partial charge is 0.244 e. The van der Waals surface area contributed by atoms with Gasteiger partial charge in [0.25, 0.3) is 0 Å². The lowest BCUT2D eigenvalue weighted by molar-refractivity contribution is -0.120. The third-order valence-electron chi connectivity index (χ3n) is 2.97. The van der Waals surface area contributed by atoms with E-state index in [1.807, 2.05) is 69.4 Å². The van der Waals surface area contributed by atoms with Gasteiger partial charge >= 0.3 is 0 Å². The fourth-order valence-corrected chi connectivity index (χ4v) is 3.62. The Morgan fingerprint density at radius 1 is 1.26 bits per heavy atom. The van der Waals surface area contributed by atoms with Crippen molar-refractivity contribution >= 4 is 57.3 Å². The summed E-state index contributed by atoms with van der Waals surface area (Å²) in [6.45, 7) is 0. The molecule has 2 N–H and O–H groups in total. The molecule has 0 fully saturated rings. The van der Waals surface area contributed by atoms with E-state index in [0.29, 0.717) is 0 Å². The molecule has 0 aliphatic rings. The van der Waals surface area contributed by atoms with Crippen LogP contribution in [-0.4, -0.2) is 24.3 Å². The van der Waals surface area contributed by atoms with Crippen LogP contribution in [0, 0.1) is 7.14 Å². The molecule has 0 spiro atoms. The minimum atomic E-state index is -0.199. The summed E-state index contributed by atoms with van der Waals surface area (Å²) in [5.41, 5.74) is 4.18. The van der Waals surface area contributed by atoms with Crippen LogP contribution in [0.5, 0.6) is 11.5 Å². The molecular weight excluding hydrogens is 522 g/mol. The zero-order chi connectivity index (χ0) is 16.8. The Kier molecular flexibility index (Phi) is 6.63. The number of halogens is 2. The fraction of sp³-hybridized carbons (Fsp3) is 0.125. The number of carbonyl (C=O) groups is 1. The quantitative estimate of drug-likeness (QED) is 0.351. The second-order valence-corrected chi connectivity index (χ2v) is 6.98. The highest BCUT2D eigenvalue weighted by molar-refractivity contribution is 14.1. The maximum atomic E-state index is 11.8. The maximum absolute atomic E-state index is 11.8. The van der Waals surface area contributed by atoms with E-state index in [4.69, 9.17) is 4.74 Å². The molecule has 2 rings (SSSR count). The van der Waals surface area contributed by atoms with E-state index in [2.05, 4.69) is 10.5 Å². The van der Waals surface area contributed by atoms with Crippen molar-refractivity contribution in [1.29, 1.82) is 0 Å². The molecule has 1 amide bonds. The number of benzene rings is 2. The molecular formula is C16H14I2N2O3. The zero-order valence-corrected chi connectivity index (χ0v) is 16.5. The number of amides is 1. The van der Waals surface area contributed by atoms with Crippen LogP contribution >= 0.6 is 45.2 Å². The Morgan fingerprint density at radius 3 is 2.43 bits per heavy atom. The number of phenols is 1. The summed E-state index contributed by atoms with van der Waals surface area (Å²) in [7, 11) is 1.60. The standard InChI is InChI=1S/C16H14I2N2O3/c1-23-12-4-2-10(3-5-12)8-15(21)20-19-9-11-6-13(17)16(22)14(18)7-11/h2-7,9,22H,8H2,1H3,(H,20,21)/b19-9-. The van der Waals surface area contributed by atoms with E-state index in [1.165, 1.54) is 0 Å². The number of nitrogens with zero attached hydrogens (tertiary/aromatic N) is 1. The van der Waals surface area contributed by atoms with Gasteiger partial charge in [0.05, 0.1) is 26.9 Å². The second-order valence-electron chi connectivity index (χ2n) is 4.65. The number of rotatable bonds is 5. The summed E-state index contributed by atoms with van der Waals surface area (Å²) in [6, 6.07) is 10.9. The predicted molar refractivity (Wildman–Crippen MR) is 106 cm³/mol. The molecule has 0 unspecified atom stereocenters. The fourth-order valence-electron chi connectivity index (χ4n) is 1.81. The van der Waals surface area contributed by atoms with E-state index in [9.17, 15) is 9.90 Å². The predicted octanol–water partition coefficient (Wildman–Crippen LogP) is 3.30. The first-order valence-corrected chi connectivity index (χ1v) is 8.78. The number of hydrogen-bond acceptors (Lipinski definition) is 4. The lowest BCUT2D eigenvalue weighted by Crippen LogP contribution is -2.19. The number of hydrazone groups is 1. The first kappa shape index (κ1) is 18.0. The van der Waals surface area contributed by atoms with Crippen LogP contribution in [0.25, 0.3) is 0 Å². The van der Waals surface area contributed by atoms with Gasteiger partial charge in [-0.25, -0.2) is 5.43 Å². The summed E-state index contributed by atoms with van der Waals surface area (Å²) >= 11 is 4.09. The molecule has 0 heterocycles. The van der Waals surface area contributed by atoms with Crippen molar-refractivity contribution in [2.24, 2.45) is 5.10 Å². The maximum Gasteiger partial charge on any atom is 0.244 e. The van der Waals surface area contributed by atoms with Crippen molar-refractivity contribution in [3.8, 4) is 11.5 Å². The molecule has 7 heteroatoms. The van der Waals surface area contributed by atoms with Gasteiger partial charge in [0.15, 0.2) is 0 Å². The highest BCUT2D eigenvalue weighted by Gasteiger charge is 2.05. The molecule has 2 aromatic rings. The van der Waals surface area contributed by atoms with Gasteiger partial charge in [0.2, 0.25) is 5.91 Å². The Balaban J connectivity index is 1.93. The number of nitrogens with one attached hydrogen (secondary N) is 1. The van der Waals surface area contributed by atoms with Crippen LogP contribution in [0.2, 0.25) is 0 Å². The topological polar surface area (TPSA) is 70.9 Å². The SMILES string of the molecule is COc1ccc(CC(=O)N/N=C\c2cc(I)c(O)c(I)c2)cc1. The highest BCUT2D eigenvalue weighted by atomic mass is 127. The van der Waals surface area contributed by atoms with E-state index in [1.54, 1.807) is 25.5 Å². The molecule has 0 aromatic heterocycles. The van der Waals surface area contributed by atoms with Crippen molar-refractivity contribution in [1.82, 2.24) is 5.43 Å². The second kappa shape index (κ2) is 8.48. The molecule has 0 atom stereocenters. The van der Waals surface area contributed by atoms with Gasteiger partial charge in [-0.05, 0) is 80.6 Å². The van der Waals surface area contributed by atoms with E-state index in [0.717, 1.165) is 24.0 Å². The zero-order valence-electron chi connectivity index (χ0n) is 12.2. The molecule has 0 aliphatic carbocycles. The van der Waals surface area contributed by atoms with Crippen LogP contribution in [-0.2, 0) is 11.2 Å². The molecule has 0 radical (unpaired) electrons. The molecule has 5 nitrogen and oxygen atoms in total. The molecule has 0 saturated carbocycles. The number of carbonyl (C=O) groups excluding carboxylic acids is 1. The normalized spacial score (nSPS) is 10.7. The Bertz CT molecular complexity index is 708. The summed E-state index contributed by atoms with van der Waals surface area (Å²) < 4.78 is 6.55. The van der Waals surface area contributed by atoms with Gasteiger partial charge in [0, 0.05) is 0 Å². The van der Waals surface area contributed by atoms with Crippen molar-refractivity contribution in [3.05, 3.63) is 54.7 Å². The highest BCUT2D eigenvalue weighted by Crippen LogP contribution is 2.26. The number of aromatic hydroxyl groups is 1. The van der Waals surface area contributed by atoms with Gasteiger partial charge < -0.3 is 9.84 Å². The Hall–Kier alpha value is -1.36. The van der Waals surface area contributed by atoms with Gasteiger partial charge in [-0.3, -0.25) is 4.79 Å². The van der Waals surface area contributed by atoms with Crippen molar-refractivity contribution in [3.63, 3.8) is 0 Å². The van der Waals surface area contributed by atoms with E-state index in [-0.39, 0.29) is 18.1 Å². The Morgan fingerprint density at radius 2 is 1.87 bits per heavy atom. The molecule has 0 bridgehead atoms. The number of phenolic OH excluding ortho intramolecular Hbond substituents is 1. The third-order valence-corrected chi connectivity index (χ3v) is 4.61. The minimum Gasteiger partial charge on any atom is -0.506 e. The van der Waals surface area contributed by atoms with Crippen molar-refractivity contribution < 1.29 is 14.6 Å². The average Bonchev–Trinajstić information content (AvgIpc) is 2.53. The average molecular weight is 536 g/mol. The molecule has 120 valence electrons. The molecule has 0 saturated heterocycles. The Labute approximate surface area is 161 Å². The number of methoxy groups -OCH3 is 1. The first-order chi connectivity index (χ1) is 11.0. The summed E-state index contributed by atoms with van der Waals surface area (Å²) in [6.07, 6.45) is 1.79. The molecule has 0 aliphatic heterocycles. The van der Waals surface area contributed by atoms with Crippen LogP contribution in [0.4, 0.5) is 0 Å². The largest absolute Gasteiger partial charge is 0.506 e. The molecule has 23 heavy (non-hydrogen) atoms. The summed E-state index contributed by atoms with van der Waals surface area (Å²) in [4.78, 5) is 11.8. The minimum absolute atomic E-state index is 0.199. The molecule has 2 aromatic carbocycles. The van der Waals surface area contributed by atoms with Crippen molar-refractivity contribution in [2.45, 2.75) is 6.42 Å². The van der Waals surface area contributed by atoms with Crippen LogP contribution in [0.15, 0.2) is 41.5 Å². The lowest BCUT2D eigenvalue weighted by Gasteiger charge is -2.03. The number of ether oxygens (including phenoxy) is 1. The van der Waals surface area contributed by atoms with Crippen LogP contribution < -0.4 is 10.2 Å². The van der Waals surface area contributed by atoms with Gasteiger partial charge in [0.1, 0.15) is 11.5 Å². The van der Waals surface area contributed by atoms with Crippen LogP contribution in [0.3, 0.4) is 0 Å². The monoisotopic (exact) mass is 536 g/mol. The van der Waals surface area contributed by atoms with Gasteiger partial charge in [-0.15, -0.1) is 0 Å². The van der Waals surface area contributed by atoms with Crippen LogP contribution in [0.1, 0.15) is 11.1 Å². The van der Waals surface area contributed by atoms with Gasteiger partial charge in [-0.1, -0.05) is 12.1 Å². The lowest BCUT2D eigenvalue weighted by atomic mass is 10.1. The van der Waals surface area contributed by atoms with E-state index < -0.39 is 0 Å². The summed E-state index contributed by atoms with van der Waals surface area (Å²) in [5.74, 6) is 0.810. The van der Waals surface area contributed by atoms with Gasteiger partial charge in [-0.2, -0.15) is 5.10 Å². The van der Waals surface area contributed by atoms with E-state index >= 15 is 0 Å². The number of hydrogen-bond donors (Lipinski definition) is 2. The summed E-state index contributed by atoms with van der Waals surface area (Å²) in [5, 5.41) is 13.7. The third kappa shape index (κ3) is 5.34. The van der Waals surface area contributed by atoms with Crippen molar-refractivity contribution in [2.75, 3.05) is 7.11 Å².